The molecule has 0 spiro atoms. The van der Waals surface area contributed by atoms with Crippen LogP contribution in [0.25, 0.3) is 0 Å². The van der Waals surface area contributed by atoms with Gasteiger partial charge in [0.15, 0.2) is 0 Å². The molecule has 0 N–H and O–H groups in total. The van der Waals surface area contributed by atoms with E-state index in [1.165, 1.54) is 64.2 Å². The highest BCUT2D eigenvalue weighted by molar-refractivity contribution is 6.66. The maximum Gasteiger partial charge on any atom is 0.529 e. The predicted molar refractivity (Wildman–Crippen MR) is 106 cm³/mol. The van der Waals surface area contributed by atoms with Crippen molar-refractivity contribution in [3.05, 3.63) is 11.8 Å². The molecule has 0 rings (SSSR count). The molecule has 0 unspecified atom stereocenters. The van der Waals surface area contributed by atoms with Gasteiger partial charge in [0.1, 0.15) is 0 Å². The summed E-state index contributed by atoms with van der Waals surface area (Å²) < 4.78 is 17.5. The molecule has 0 aromatic heterocycles. The van der Waals surface area contributed by atoms with Gasteiger partial charge in [-0.3, -0.25) is 0 Å². The minimum absolute atomic E-state index is 0.634. The highest BCUT2D eigenvalue weighted by Crippen LogP contribution is 2.14. The van der Waals surface area contributed by atoms with E-state index < -0.39 is 8.80 Å². The average Bonchev–Trinajstić information content (AvgIpc) is 2.56. The van der Waals surface area contributed by atoms with E-state index in [-0.39, 0.29) is 0 Å². The number of unbranched alkanes of at least 4 members (excludes halogenated alkanes) is 10. The van der Waals surface area contributed by atoms with E-state index in [2.05, 4.69) is 18.7 Å². The monoisotopic (exact) mass is 358 g/mol. The fraction of sp³-hybridized carbons (Fsp3) is 0.900. The number of hydrogen-bond donors (Lipinski definition) is 0. The lowest BCUT2D eigenvalue weighted by molar-refractivity contribution is 0.0842. The zero-order chi connectivity index (χ0) is 17.9. The smallest absolute Gasteiger partial charge is 0.371 e. The summed E-state index contributed by atoms with van der Waals surface area (Å²) in [7, 11) is -2.57. The predicted octanol–water partition coefficient (Wildman–Crippen LogP) is 6.44. The zero-order valence-electron chi connectivity index (χ0n) is 16.8. The van der Waals surface area contributed by atoms with Crippen molar-refractivity contribution in [1.29, 1.82) is 0 Å². The Morgan fingerprint density at radius 1 is 0.583 bits per heavy atom. The third-order valence-corrected chi connectivity index (χ3v) is 6.80. The summed E-state index contributed by atoms with van der Waals surface area (Å²) in [6.45, 7) is 10.2. The Kier molecular flexibility index (Phi) is 17.5. The van der Waals surface area contributed by atoms with Crippen molar-refractivity contribution in [2.24, 2.45) is 0 Å². The van der Waals surface area contributed by atoms with Gasteiger partial charge in [-0.15, -0.1) is 0 Å². The van der Waals surface area contributed by atoms with E-state index in [9.17, 15) is 0 Å². The van der Waals surface area contributed by atoms with E-state index in [1.54, 1.807) is 0 Å². The Bertz CT molecular complexity index is 265. The molecule has 144 valence electrons. The quantitative estimate of drug-likeness (QED) is 0.208. The fourth-order valence-corrected chi connectivity index (χ4v) is 5.05. The molecule has 0 fully saturated rings. The van der Waals surface area contributed by atoms with Crippen molar-refractivity contribution in [2.45, 2.75) is 98.3 Å². The summed E-state index contributed by atoms with van der Waals surface area (Å²) in [5, 5.41) is 0. The summed E-state index contributed by atoms with van der Waals surface area (Å²) >= 11 is 0. The summed E-state index contributed by atoms with van der Waals surface area (Å²) in [5.74, 6) is 0. The van der Waals surface area contributed by atoms with E-state index in [4.69, 9.17) is 13.3 Å². The number of rotatable bonds is 18. The number of allylic oxidation sites excluding steroid dienone is 1. The first-order chi connectivity index (χ1) is 11.7. The molecule has 4 heteroatoms. The van der Waals surface area contributed by atoms with Crippen molar-refractivity contribution >= 4 is 8.80 Å². The summed E-state index contributed by atoms with van der Waals surface area (Å²) in [5.41, 5.74) is 2.08. The van der Waals surface area contributed by atoms with Crippen LogP contribution in [0.5, 0.6) is 0 Å². The molecule has 24 heavy (non-hydrogen) atoms. The molecule has 0 amide bonds. The molecule has 0 aliphatic heterocycles. The van der Waals surface area contributed by atoms with Gasteiger partial charge in [0.2, 0.25) is 0 Å². The van der Waals surface area contributed by atoms with Crippen LogP contribution in [0.2, 0.25) is 0 Å². The molecule has 0 saturated heterocycles. The van der Waals surface area contributed by atoms with Crippen LogP contribution in [0.15, 0.2) is 11.8 Å². The van der Waals surface area contributed by atoms with Crippen molar-refractivity contribution < 1.29 is 13.3 Å². The molecule has 0 radical (unpaired) electrons. The molecule has 0 aliphatic rings. The number of hydrogen-bond acceptors (Lipinski definition) is 3. The molecular formula is C20H42O3Si. The SMILES string of the molecule is CCCCCCCCCCCCC=C[Si](OCC)(OCC)OCC. The largest absolute Gasteiger partial charge is 0.529 e. The molecule has 3 nitrogen and oxygen atoms in total. The van der Waals surface area contributed by atoms with Crippen LogP contribution in [-0.2, 0) is 13.3 Å². The summed E-state index contributed by atoms with van der Waals surface area (Å²) in [6, 6.07) is 0. The lowest BCUT2D eigenvalue weighted by atomic mass is 10.1. The fourth-order valence-electron chi connectivity index (χ4n) is 2.85. The second-order valence-electron chi connectivity index (χ2n) is 6.28. The normalized spacial score (nSPS) is 12.3. The van der Waals surface area contributed by atoms with Gasteiger partial charge in [-0.05, 0) is 39.3 Å². The van der Waals surface area contributed by atoms with E-state index in [1.807, 2.05) is 20.8 Å². The third kappa shape index (κ3) is 13.2. The van der Waals surface area contributed by atoms with Gasteiger partial charge in [0.25, 0.3) is 0 Å². The van der Waals surface area contributed by atoms with Crippen LogP contribution in [0.1, 0.15) is 98.3 Å². The van der Waals surface area contributed by atoms with Crippen LogP contribution in [0.4, 0.5) is 0 Å². The second-order valence-corrected chi connectivity index (χ2v) is 8.68. The van der Waals surface area contributed by atoms with Gasteiger partial charge in [0, 0.05) is 19.8 Å². The highest BCUT2D eigenvalue weighted by atomic mass is 28.4. The zero-order valence-corrected chi connectivity index (χ0v) is 17.8. The van der Waals surface area contributed by atoms with Gasteiger partial charge < -0.3 is 13.3 Å². The Morgan fingerprint density at radius 2 is 1.00 bits per heavy atom. The Balaban J connectivity index is 3.76. The molecule has 0 heterocycles. The van der Waals surface area contributed by atoms with Gasteiger partial charge in [0.05, 0.1) is 0 Å². The van der Waals surface area contributed by atoms with Crippen LogP contribution < -0.4 is 0 Å². The van der Waals surface area contributed by atoms with Gasteiger partial charge in [-0.1, -0.05) is 70.8 Å². The standard InChI is InChI=1S/C20H42O3Si/c1-5-9-10-11-12-13-14-15-16-17-18-19-20-24(21-6-2,22-7-3)23-8-4/h19-20H,5-18H2,1-4H3. The molecule has 0 atom stereocenters. The topological polar surface area (TPSA) is 27.7 Å². The summed E-state index contributed by atoms with van der Waals surface area (Å²) in [4.78, 5) is 0. The summed E-state index contributed by atoms with van der Waals surface area (Å²) in [6.07, 6.45) is 17.1. The lowest BCUT2D eigenvalue weighted by Gasteiger charge is -2.25. The lowest BCUT2D eigenvalue weighted by Crippen LogP contribution is -2.44. The minimum atomic E-state index is -2.57. The van der Waals surface area contributed by atoms with E-state index in [0.29, 0.717) is 19.8 Å². The maximum absolute atomic E-state index is 5.82. The van der Waals surface area contributed by atoms with Crippen LogP contribution in [0.3, 0.4) is 0 Å². The molecule has 0 aromatic rings. The molecule has 0 aromatic carbocycles. The maximum atomic E-state index is 5.82. The first-order valence-corrected chi connectivity index (χ1v) is 12.1. The first-order valence-electron chi connectivity index (χ1n) is 10.3. The van der Waals surface area contributed by atoms with Crippen LogP contribution in [0, 0.1) is 0 Å². The second kappa shape index (κ2) is 17.7. The molecule has 0 aliphatic carbocycles. The van der Waals surface area contributed by atoms with Crippen LogP contribution in [-0.4, -0.2) is 28.6 Å². The van der Waals surface area contributed by atoms with Crippen LogP contribution >= 0.6 is 0 Å². The Morgan fingerprint density at radius 3 is 1.42 bits per heavy atom. The van der Waals surface area contributed by atoms with Crippen molar-refractivity contribution in [3.63, 3.8) is 0 Å². The van der Waals surface area contributed by atoms with Crippen molar-refractivity contribution in [2.75, 3.05) is 19.8 Å². The highest BCUT2D eigenvalue weighted by Gasteiger charge is 2.37. The van der Waals surface area contributed by atoms with Gasteiger partial charge >= 0.3 is 8.80 Å². The Hall–Kier alpha value is -0.163. The Labute approximate surface area is 152 Å². The first kappa shape index (κ1) is 23.8. The molecule has 0 saturated carbocycles. The van der Waals surface area contributed by atoms with Gasteiger partial charge in [-0.2, -0.15) is 0 Å². The van der Waals surface area contributed by atoms with Crippen molar-refractivity contribution in [1.82, 2.24) is 0 Å². The van der Waals surface area contributed by atoms with E-state index >= 15 is 0 Å². The van der Waals surface area contributed by atoms with Gasteiger partial charge in [-0.25, -0.2) is 0 Å². The van der Waals surface area contributed by atoms with E-state index in [0.717, 1.165) is 6.42 Å². The minimum Gasteiger partial charge on any atom is -0.371 e. The molecular weight excluding hydrogens is 316 g/mol. The van der Waals surface area contributed by atoms with Crippen molar-refractivity contribution in [3.8, 4) is 0 Å². The third-order valence-electron chi connectivity index (χ3n) is 4.08. The molecule has 0 bridgehead atoms. The average molecular weight is 359 g/mol.